The van der Waals surface area contributed by atoms with Crippen LogP contribution in [0.5, 0.6) is 0 Å². The van der Waals surface area contributed by atoms with Gasteiger partial charge in [0.1, 0.15) is 5.82 Å². The molecular weight excluding hydrogens is 446 g/mol. The second-order valence-electron chi connectivity index (χ2n) is 6.91. The zero-order valence-electron chi connectivity index (χ0n) is 15.6. The minimum atomic E-state index is -0.235. The maximum absolute atomic E-state index is 13.1. The van der Waals surface area contributed by atoms with Crippen molar-refractivity contribution >= 4 is 29.9 Å². The molecule has 7 heteroatoms. The molecule has 0 radical (unpaired) electrons. The lowest BCUT2D eigenvalue weighted by molar-refractivity contribution is 0.106. The van der Waals surface area contributed by atoms with Gasteiger partial charge in [-0.1, -0.05) is 12.1 Å². The highest BCUT2D eigenvalue weighted by Crippen LogP contribution is 2.29. The molecule has 1 aromatic rings. The van der Waals surface area contributed by atoms with E-state index in [1.54, 1.807) is 26.3 Å². The number of aliphatic imine (C=N–C) groups is 1. The molecule has 2 N–H and O–H groups in total. The molecule has 1 unspecified atom stereocenters. The number of benzene rings is 1. The maximum atomic E-state index is 13.1. The third-order valence-corrected chi connectivity index (χ3v) is 5.14. The summed E-state index contributed by atoms with van der Waals surface area (Å²) in [4.78, 5) is 6.94. The second-order valence-corrected chi connectivity index (χ2v) is 6.91. The highest BCUT2D eigenvalue weighted by molar-refractivity contribution is 14.0. The van der Waals surface area contributed by atoms with E-state index in [2.05, 4.69) is 20.5 Å². The molecule has 1 aromatic carbocycles. The Morgan fingerprint density at radius 2 is 1.88 bits per heavy atom. The molecule has 1 aliphatic heterocycles. The third-order valence-electron chi connectivity index (χ3n) is 5.14. The zero-order valence-corrected chi connectivity index (χ0v) is 17.9. The predicted octanol–water partition coefficient (Wildman–Crippen LogP) is 2.92. The smallest absolute Gasteiger partial charge is 0.191 e. The first-order chi connectivity index (χ1) is 12.2. The van der Waals surface area contributed by atoms with Crippen LogP contribution >= 0.6 is 24.0 Å². The van der Waals surface area contributed by atoms with E-state index in [9.17, 15) is 4.39 Å². The van der Waals surface area contributed by atoms with Crippen LogP contribution in [0.25, 0.3) is 0 Å². The Balaban J connectivity index is 0.00000243. The van der Waals surface area contributed by atoms with Crippen LogP contribution in [0.3, 0.4) is 0 Å². The van der Waals surface area contributed by atoms with E-state index in [1.165, 1.54) is 38.1 Å². The summed E-state index contributed by atoms with van der Waals surface area (Å²) in [6.07, 6.45) is 4.92. The fourth-order valence-electron chi connectivity index (χ4n) is 3.44. The van der Waals surface area contributed by atoms with E-state index in [0.717, 1.165) is 30.4 Å². The van der Waals surface area contributed by atoms with Gasteiger partial charge in [-0.05, 0) is 43.4 Å². The number of likely N-dealkylation sites (tertiary alicyclic amines) is 1. The highest BCUT2D eigenvalue weighted by atomic mass is 127. The molecule has 0 bridgehead atoms. The second kappa shape index (κ2) is 10.4. The number of hydrogen-bond donors (Lipinski definition) is 2. The fourth-order valence-corrected chi connectivity index (χ4v) is 3.44. The average molecular weight is 476 g/mol. The fraction of sp³-hybridized carbons (Fsp3) is 0.632. The summed E-state index contributed by atoms with van der Waals surface area (Å²) in [7, 11) is 3.45. The summed E-state index contributed by atoms with van der Waals surface area (Å²) < 4.78 is 18.6. The van der Waals surface area contributed by atoms with Crippen molar-refractivity contribution in [1.29, 1.82) is 0 Å². The van der Waals surface area contributed by atoms with E-state index in [4.69, 9.17) is 4.74 Å². The first-order valence-corrected chi connectivity index (χ1v) is 9.19. The van der Waals surface area contributed by atoms with Crippen LogP contribution in [0.1, 0.15) is 37.4 Å². The first-order valence-electron chi connectivity index (χ1n) is 9.19. The van der Waals surface area contributed by atoms with E-state index in [1.807, 2.05) is 0 Å². The van der Waals surface area contributed by atoms with Gasteiger partial charge in [0.05, 0.1) is 6.10 Å². The summed E-state index contributed by atoms with van der Waals surface area (Å²) in [6, 6.07) is 7.76. The molecule has 2 fully saturated rings. The van der Waals surface area contributed by atoms with Crippen molar-refractivity contribution in [1.82, 2.24) is 15.5 Å². The minimum absolute atomic E-state index is 0. The predicted molar refractivity (Wildman–Crippen MR) is 114 cm³/mol. The lowest BCUT2D eigenvalue weighted by Gasteiger charge is -2.33. The number of piperidine rings is 1. The molecule has 1 saturated carbocycles. The topological polar surface area (TPSA) is 48.9 Å². The third kappa shape index (κ3) is 6.06. The molecule has 1 heterocycles. The Bertz CT molecular complexity index is 571. The molecule has 1 atom stereocenters. The van der Waals surface area contributed by atoms with Crippen LogP contribution < -0.4 is 10.6 Å². The lowest BCUT2D eigenvalue weighted by atomic mass is 10.1. The van der Waals surface area contributed by atoms with Gasteiger partial charge in [0.15, 0.2) is 5.96 Å². The van der Waals surface area contributed by atoms with E-state index in [0.29, 0.717) is 12.6 Å². The molecule has 5 nitrogen and oxygen atoms in total. The van der Waals surface area contributed by atoms with Crippen LogP contribution in [-0.4, -0.2) is 56.7 Å². The Morgan fingerprint density at radius 1 is 1.23 bits per heavy atom. The number of nitrogens with one attached hydrogen (secondary N) is 2. The number of guanidine groups is 1. The van der Waals surface area contributed by atoms with Gasteiger partial charge < -0.3 is 20.3 Å². The summed E-state index contributed by atoms with van der Waals surface area (Å²) in [6.45, 7) is 2.94. The molecule has 1 aliphatic carbocycles. The number of nitrogens with zero attached hydrogens (tertiary/aromatic N) is 2. The van der Waals surface area contributed by atoms with Gasteiger partial charge in [0.25, 0.3) is 0 Å². The Hall–Kier alpha value is -0.930. The summed E-state index contributed by atoms with van der Waals surface area (Å²) in [5.41, 5.74) is 0.949. The van der Waals surface area contributed by atoms with Gasteiger partial charge in [-0.3, -0.25) is 4.99 Å². The van der Waals surface area contributed by atoms with E-state index >= 15 is 0 Å². The summed E-state index contributed by atoms with van der Waals surface area (Å²) in [5, 5.41) is 6.86. The van der Waals surface area contributed by atoms with Crippen LogP contribution in [0.4, 0.5) is 4.39 Å². The Kier molecular flexibility index (Phi) is 8.56. The minimum Gasteiger partial charge on any atom is -0.375 e. The standard InChI is InChI=1S/C19H29FN4O.HI/c1-21-19(23-16-9-11-24(12-10-16)17-7-8-17)22-13-18(25-2)14-3-5-15(20)6-4-14;/h3-6,16-18H,7-13H2,1-2H3,(H2,21,22,23);1H. The van der Waals surface area contributed by atoms with Gasteiger partial charge in [0, 0.05) is 45.9 Å². The summed E-state index contributed by atoms with van der Waals surface area (Å²) in [5.74, 6) is 0.565. The normalized spacial score (nSPS) is 20.3. The van der Waals surface area contributed by atoms with Crippen molar-refractivity contribution in [3.63, 3.8) is 0 Å². The van der Waals surface area contributed by atoms with Crippen LogP contribution in [-0.2, 0) is 4.74 Å². The monoisotopic (exact) mass is 476 g/mol. The Morgan fingerprint density at radius 3 is 2.42 bits per heavy atom. The van der Waals surface area contributed by atoms with Crippen LogP contribution in [0, 0.1) is 5.82 Å². The number of methoxy groups -OCH3 is 1. The zero-order chi connectivity index (χ0) is 17.6. The SMILES string of the molecule is CN=C(NCC(OC)c1ccc(F)cc1)NC1CCN(C2CC2)CC1.I. The molecule has 0 amide bonds. The quantitative estimate of drug-likeness (QED) is 0.377. The Labute approximate surface area is 172 Å². The molecule has 0 spiro atoms. The highest BCUT2D eigenvalue weighted by Gasteiger charge is 2.31. The first kappa shape index (κ1) is 21.4. The van der Waals surface area contributed by atoms with Crippen molar-refractivity contribution in [3.8, 4) is 0 Å². The number of hydrogen-bond acceptors (Lipinski definition) is 3. The van der Waals surface area contributed by atoms with Crippen LogP contribution in [0.15, 0.2) is 29.3 Å². The van der Waals surface area contributed by atoms with Gasteiger partial charge in [-0.15, -0.1) is 24.0 Å². The molecule has 0 aromatic heterocycles. The average Bonchev–Trinajstić information content (AvgIpc) is 3.48. The summed E-state index contributed by atoms with van der Waals surface area (Å²) >= 11 is 0. The van der Waals surface area contributed by atoms with Gasteiger partial charge in [-0.2, -0.15) is 0 Å². The maximum Gasteiger partial charge on any atom is 0.191 e. The van der Waals surface area contributed by atoms with E-state index < -0.39 is 0 Å². The number of halogens is 2. The largest absolute Gasteiger partial charge is 0.375 e. The van der Waals surface area contributed by atoms with Crippen molar-refractivity contribution < 1.29 is 9.13 Å². The molecule has 2 aliphatic rings. The van der Waals surface area contributed by atoms with Gasteiger partial charge in [0.2, 0.25) is 0 Å². The molecular formula is C19H30FIN4O. The number of rotatable bonds is 6. The van der Waals surface area contributed by atoms with Crippen molar-refractivity contribution in [2.24, 2.45) is 4.99 Å². The molecule has 1 saturated heterocycles. The molecule has 3 rings (SSSR count). The van der Waals surface area contributed by atoms with Gasteiger partial charge >= 0.3 is 0 Å². The molecule has 26 heavy (non-hydrogen) atoms. The lowest BCUT2D eigenvalue weighted by Crippen LogP contribution is -2.49. The molecule has 146 valence electrons. The van der Waals surface area contributed by atoms with Crippen molar-refractivity contribution in [2.75, 3.05) is 33.8 Å². The van der Waals surface area contributed by atoms with Gasteiger partial charge in [-0.25, -0.2) is 4.39 Å². The number of ether oxygens (including phenoxy) is 1. The van der Waals surface area contributed by atoms with Crippen LogP contribution in [0.2, 0.25) is 0 Å². The van der Waals surface area contributed by atoms with Crippen molar-refractivity contribution in [2.45, 2.75) is 43.9 Å². The van der Waals surface area contributed by atoms with Crippen molar-refractivity contribution in [3.05, 3.63) is 35.6 Å². The van der Waals surface area contributed by atoms with E-state index in [-0.39, 0.29) is 35.9 Å².